The molecule has 0 aromatic heterocycles. The Bertz CT molecular complexity index is 1390. The molecule has 3 atom stereocenters. The van der Waals surface area contributed by atoms with Gasteiger partial charge in [-0.15, -0.1) is 0 Å². The van der Waals surface area contributed by atoms with Crippen molar-refractivity contribution in [3.05, 3.63) is 94.8 Å². The van der Waals surface area contributed by atoms with E-state index in [1.807, 2.05) is 25.1 Å². The largest absolute Gasteiger partial charge is 0.394 e. The minimum absolute atomic E-state index is 0.0764. The molecular weight excluding hydrogens is 451 g/mol. The number of benzene rings is 3. The monoisotopic (exact) mass is 476 g/mol. The number of anilines is 1. The number of nitrogens with zero attached hydrogens (tertiary/aromatic N) is 1. The van der Waals surface area contributed by atoms with Gasteiger partial charge in [-0.25, -0.2) is 12.8 Å². The molecule has 0 aliphatic carbocycles. The highest BCUT2D eigenvalue weighted by molar-refractivity contribution is 7.89. The first-order valence-corrected chi connectivity index (χ1v) is 12.7. The summed E-state index contributed by atoms with van der Waals surface area (Å²) in [6.07, 6.45) is 0.637. The standard InChI is InChI=1S/C27H25FN2O3S/c1-18-6-11-21(12-7-18)34(32,33)30-15-14-22-26(17-31)29-25-13-9-19(16-23(25)27(22)30)8-10-20-4-2-3-5-24(20)28/h2-7,9,11-13,16,22,26-27,29,31H,14-15,17H2,1H3/t22-,26+,27-/m1/s1. The quantitative estimate of drug-likeness (QED) is 0.559. The van der Waals surface area contributed by atoms with Crippen molar-refractivity contribution in [1.82, 2.24) is 4.31 Å². The molecule has 7 heteroatoms. The summed E-state index contributed by atoms with van der Waals surface area (Å²) in [5, 5.41) is 13.4. The van der Waals surface area contributed by atoms with E-state index in [0.29, 0.717) is 24.1 Å². The van der Waals surface area contributed by atoms with Crippen LogP contribution in [-0.2, 0) is 10.0 Å². The van der Waals surface area contributed by atoms with E-state index in [9.17, 15) is 17.9 Å². The fourth-order valence-corrected chi connectivity index (χ4v) is 6.58. The molecule has 5 nitrogen and oxygen atoms in total. The second-order valence-electron chi connectivity index (χ2n) is 8.79. The number of fused-ring (bicyclic) bond motifs is 3. The van der Waals surface area contributed by atoms with Gasteiger partial charge in [0.25, 0.3) is 0 Å². The fourth-order valence-electron chi connectivity index (χ4n) is 4.92. The first kappa shape index (κ1) is 22.6. The number of hydrogen-bond acceptors (Lipinski definition) is 4. The Balaban J connectivity index is 1.56. The van der Waals surface area contributed by atoms with Gasteiger partial charge < -0.3 is 10.4 Å². The molecule has 2 aliphatic heterocycles. The average molecular weight is 477 g/mol. The molecule has 0 bridgehead atoms. The Morgan fingerprint density at radius 1 is 1.09 bits per heavy atom. The number of aryl methyl sites for hydroxylation is 1. The Morgan fingerprint density at radius 3 is 2.59 bits per heavy atom. The van der Waals surface area contributed by atoms with Gasteiger partial charge >= 0.3 is 0 Å². The maximum Gasteiger partial charge on any atom is 0.243 e. The summed E-state index contributed by atoms with van der Waals surface area (Å²) in [4.78, 5) is 0.259. The van der Waals surface area contributed by atoms with Crippen molar-refractivity contribution in [3.8, 4) is 11.8 Å². The normalized spacial score (nSPS) is 21.7. The van der Waals surface area contributed by atoms with Crippen LogP contribution in [0.25, 0.3) is 0 Å². The van der Waals surface area contributed by atoms with Gasteiger partial charge in [-0.3, -0.25) is 0 Å². The van der Waals surface area contributed by atoms with E-state index in [1.54, 1.807) is 46.8 Å². The molecule has 0 saturated carbocycles. The first-order valence-electron chi connectivity index (χ1n) is 11.2. The molecule has 174 valence electrons. The highest BCUT2D eigenvalue weighted by Crippen LogP contribution is 2.48. The lowest BCUT2D eigenvalue weighted by molar-refractivity contribution is 0.210. The first-order chi connectivity index (χ1) is 16.4. The van der Waals surface area contributed by atoms with Gasteiger partial charge in [0.2, 0.25) is 10.0 Å². The van der Waals surface area contributed by atoms with Crippen LogP contribution in [0.15, 0.2) is 71.6 Å². The number of sulfonamides is 1. The molecule has 0 spiro atoms. The van der Waals surface area contributed by atoms with E-state index in [0.717, 1.165) is 16.8 Å². The molecule has 5 rings (SSSR count). The highest BCUT2D eigenvalue weighted by atomic mass is 32.2. The summed E-state index contributed by atoms with van der Waals surface area (Å²) in [5.41, 5.74) is 3.57. The fraction of sp³-hybridized carbons (Fsp3) is 0.259. The molecule has 34 heavy (non-hydrogen) atoms. The lowest BCUT2D eigenvalue weighted by Crippen LogP contribution is -2.42. The molecule has 3 aromatic carbocycles. The third-order valence-electron chi connectivity index (χ3n) is 6.67. The zero-order valence-corrected chi connectivity index (χ0v) is 19.5. The van der Waals surface area contributed by atoms with E-state index < -0.39 is 16.1 Å². The topological polar surface area (TPSA) is 69.6 Å². The third kappa shape index (κ3) is 3.98. The zero-order valence-electron chi connectivity index (χ0n) is 18.7. The van der Waals surface area contributed by atoms with Crippen molar-refractivity contribution in [2.75, 3.05) is 18.5 Å². The van der Waals surface area contributed by atoms with Crippen molar-refractivity contribution in [2.45, 2.75) is 30.3 Å². The van der Waals surface area contributed by atoms with E-state index in [4.69, 9.17) is 0 Å². The van der Waals surface area contributed by atoms with Crippen LogP contribution in [0.5, 0.6) is 0 Å². The van der Waals surface area contributed by atoms with Gasteiger partial charge in [0.15, 0.2) is 0 Å². The molecule has 3 aromatic rings. The van der Waals surface area contributed by atoms with Crippen LogP contribution in [0.3, 0.4) is 0 Å². The Morgan fingerprint density at radius 2 is 1.85 bits per heavy atom. The molecule has 0 amide bonds. The summed E-state index contributed by atoms with van der Waals surface area (Å²) < 4.78 is 42.8. The average Bonchev–Trinajstić information content (AvgIpc) is 3.30. The van der Waals surface area contributed by atoms with Crippen LogP contribution in [-0.4, -0.2) is 37.0 Å². The van der Waals surface area contributed by atoms with E-state index in [-0.39, 0.29) is 29.3 Å². The van der Waals surface area contributed by atoms with E-state index in [2.05, 4.69) is 17.2 Å². The van der Waals surface area contributed by atoms with Gasteiger partial charge in [0.1, 0.15) is 5.82 Å². The van der Waals surface area contributed by atoms with E-state index in [1.165, 1.54) is 6.07 Å². The van der Waals surface area contributed by atoms with Crippen LogP contribution in [0, 0.1) is 30.5 Å². The van der Waals surface area contributed by atoms with Crippen molar-refractivity contribution in [2.24, 2.45) is 5.92 Å². The summed E-state index contributed by atoms with van der Waals surface area (Å²) in [5.74, 6) is 5.43. The Kier molecular flexibility index (Phi) is 5.90. The minimum atomic E-state index is -3.74. The number of rotatable bonds is 3. The maximum atomic E-state index is 14.0. The number of hydrogen-bond donors (Lipinski definition) is 2. The number of nitrogens with one attached hydrogen (secondary N) is 1. The van der Waals surface area contributed by atoms with Crippen molar-refractivity contribution in [3.63, 3.8) is 0 Å². The third-order valence-corrected chi connectivity index (χ3v) is 8.56. The van der Waals surface area contributed by atoms with Gasteiger partial charge in [0.05, 0.1) is 29.1 Å². The molecule has 0 unspecified atom stereocenters. The molecule has 1 fully saturated rings. The molecule has 0 radical (unpaired) electrons. The number of aliphatic hydroxyl groups is 1. The smallest absolute Gasteiger partial charge is 0.243 e. The highest BCUT2D eigenvalue weighted by Gasteiger charge is 2.48. The lowest BCUT2D eigenvalue weighted by Gasteiger charge is -2.38. The van der Waals surface area contributed by atoms with Gasteiger partial charge in [-0.2, -0.15) is 4.31 Å². The SMILES string of the molecule is Cc1ccc(S(=O)(=O)N2CC[C@@H]3[C@H](CO)Nc4ccc(C#Cc5ccccc5F)cc4[C@@H]32)cc1. The van der Waals surface area contributed by atoms with Crippen molar-refractivity contribution < 1.29 is 17.9 Å². The minimum Gasteiger partial charge on any atom is -0.394 e. The summed E-state index contributed by atoms with van der Waals surface area (Å²) in [6, 6.07) is 18.1. The zero-order chi connectivity index (χ0) is 23.9. The Labute approximate surface area is 199 Å². The number of aliphatic hydroxyl groups excluding tert-OH is 1. The number of halogens is 1. The molecule has 2 N–H and O–H groups in total. The van der Waals surface area contributed by atoms with Crippen molar-refractivity contribution in [1.29, 1.82) is 0 Å². The predicted octanol–water partition coefficient (Wildman–Crippen LogP) is 4.07. The van der Waals surface area contributed by atoms with Crippen LogP contribution in [0.4, 0.5) is 10.1 Å². The predicted molar refractivity (Wildman–Crippen MR) is 129 cm³/mol. The Hall–Kier alpha value is -3.18. The van der Waals surface area contributed by atoms with Crippen LogP contribution < -0.4 is 5.32 Å². The van der Waals surface area contributed by atoms with Crippen LogP contribution in [0.1, 0.15) is 34.7 Å². The summed E-state index contributed by atoms with van der Waals surface area (Å²) in [7, 11) is -3.74. The van der Waals surface area contributed by atoms with Crippen LogP contribution in [0.2, 0.25) is 0 Å². The van der Waals surface area contributed by atoms with Gasteiger partial charge in [0, 0.05) is 23.7 Å². The summed E-state index contributed by atoms with van der Waals surface area (Å²) in [6.45, 7) is 2.20. The van der Waals surface area contributed by atoms with Crippen molar-refractivity contribution >= 4 is 15.7 Å². The van der Waals surface area contributed by atoms with E-state index >= 15 is 0 Å². The maximum absolute atomic E-state index is 14.0. The molecular formula is C27H25FN2O3S. The lowest BCUT2D eigenvalue weighted by atomic mass is 9.83. The second-order valence-corrected chi connectivity index (χ2v) is 10.7. The molecule has 1 saturated heterocycles. The molecule has 2 aliphatic rings. The van der Waals surface area contributed by atoms with Gasteiger partial charge in [-0.05, 0) is 61.4 Å². The van der Waals surface area contributed by atoms with Crippen LogP contribution >= 0.6 is 0 Å². The summed E-state index contributed by atoms with van der Waals surface area (Å²) >= 11 is 0. The molecule has 2 heterocycles. The van der Waals surface area contributed by atoms with Gasteiger partial charge in [-0.1, -0.05) is 41.7 Å². The second kappa shape index (κ2) is 8.88.